The second-order valence-electron chi connectivity index (χ2n) is 5.67. The third-order valence-corrected chi connectivity index (χ3v) is 3.18. The second kappa shape index (κ2) is 5.34. The van der Waals surface area contributed by atoms with Crippen molar-refractivity contribution >= 4 is 0 Å². The van der Waals surface area contributed by atoms with Gasteiger partial charge in [0.2, 0.25) is 5.72 Å². The Morgan fingerprint density at radius 3 is 2.45 bits per heavy atom. The Labute approximate surface area is 119 Å². The lowest BCUT2D eigenvalue weighted by molar-refractivity contribution is -0.0396. The number of allylic oxidation sites excluding steroid dienone is 3. The SMILES string of the molecule is CC(C)(C)C1(N=N)C=CC=C(C#Cc2ccccc2)O1. The van der Waals surface area contributed by atoms with Crippen molar-refractivity contribution in [3.05, 3.63) is 59.9 Å². The summed E-state index contributed by atoms with van der Waals surface area (Å²) in [5.41, 5.74) is 7.08. The summed E-state index contributed by atoms with van der Waals surface area (Å²) in [6.45, 7) is 5.97. The molecule has 0 aliphatic carbocycles. The molecule has 0 amide bonds. The van der Waals surface area contributed by atoms with Gasteiger partial charge in [-0.15, -0.1) is 5.11 Å². The lowest BCUT2D eigenvalue weighted by Crippen LogP contribution is -2.42. The third-order valence-electron chi connectivity index (χ3n) is 3.18. The maximum Gasteiger partial charge on any atom is 0.243 e. The van der Waals surface area contributed by atoms with Crippen LogP contribution in [0.4, 0.5) is 0 Å². The molecule has 0 saturated carbocycles. The third kappa shape index (κ3) is 2.80. The number of benzene rings is 1. The van der Waals surface area contributed by atoms with Crippen molar-refractivity contribution in [2.24, 2.45) is 10.5 Å². The Balaban J connectivity index is 2.25. The highest BCUT2D eigenvalue weighted by molar-refractivity contribution is 5.41. The van der Waals surface area contributed by atoms with Crippen LogP contribution in [0.3, 0.4) is 0 Å². The molecule has 0 aromatic heterocycles. The van der Waals surface area contributed by atoms with Crippen molar-refractivity contribution in [2.75, 3.05) is 0 Å². The smallest absolute Gasteiger partial charge is 0.243 e. The predicted molar refractivity (Wildman–Crippen MR) is 79.0 cm³/mol. The zero-order valence-corrected chi connectivity index (χ0v) is 12.0. The lowest BCUT2D eigenvalue weighted by atomic mass is 9.82. The van der Waals surface area contributed by atoms with Gasteiger partial charge in [0, 0.05) is 11.0 Å². The van der Waals surface area contributed by atoms with Crippen molar-refractivity contribution in [1.29, 1.82) is 5.53 Å². The van der Waals surface area contributed by atoms with E-state index in [2.05, 4.69) is 17.0 Å². The molecule has 1 aromatic rings. The van der Waals surface area contributed by atoms with E-state index in [9.17, 15) is 0 Å². The first-order chi connectivity index (χ1) is 9.47. The molecule has 1 N–H and O–H groups in total. The lowest BCUT2D eigenvalue weighted by Gasteiger charge is -2.38. The fourth-order valence-corrected chi connectivity index (χ4v) is 1.85. The molecule has 1 aliphatic rings. The number of ether oxygens (including phenoxy) is 1. The van der Waals surface area contributed by atoms with Gasteiger partial charge >= 0.3 is 0 Å². The fourth-order valence-electron chi connectivity index (χ4n) is 1.85. The van der Waals surface area contributed by atoms with E-state index in [1.807, 2.05) is 57.2 Å². The van der Waals surface area contributed by atoms with Crippen LogP contribution in [-0.2, 0) is 4.74 Å². The van der Waals surface area contributed by atoms with Crippen LogP contribution in [0.15, 0.2) is 59.4 Å². The molecule has 0 bridgehead atoms. The molecule has 102 valence electrons. The molecule has 1 atom stereocenters. The summed E-state index contributed by atoms with van der Waals surface area (Å²) in [4.78, 5) is 0. The van der Waals surface area contributed by atoms with E-state index in [-0.39, 0.29) is 5.41 Å². The van der Waals surface area contributed by atoms with E-state index in [0.717, 1.165) is 5.56 Å². The van der Waals surface area contributed by atoms with Crippen molar-refractivity contribution in [2.45, 2.75) is 26.5 Å². The second-order valence-corrected chi connectivity index (χ2v) is 5.67. The van der Waals surface area contributed by atoms with Crippen molar-refractivity contribution in [3.8, 4) is 11.8 Å². The molecule has 3 heteroatoms. The average Bonchev–Trinajstić information content (AvgIpc) is 2.45. The molecule has 1 aliphatic heterocycles. The van der Waals surface area contributed by atoms with Crippen molar-refractivity contribution in [1.82, 2.24) is 0 Å². The molecule has 1 heterocycles. The molecule has 0 saturated heterocycles. The number of hydrogen-bond donors (Lipinski definition) is 1. The van der Waals surface area contributed by atoms with Gasteiger partial charge in [-0.25, -0.2) is 5.53 Å². The summed E-state index contributed by atoms with van der Waals surface area (Å²) < 4.78 is 5.86. The van der Waals surface area contributed by atoms with Crippen LogP contribution in [0.1, 0.15) is 26.3 Å². The van der Waals surface area contributed by atoms with Gasteiger partial charge in [0.1, 0.15) is 0 Å². The largest absolute Gasteiger partial charge is 0.452 e. The molecule has 2 rings (SSSR count). The molecule has 0 spiro atoms. The number of nitrogens with one attached hydrogen (secondary N) is 1. The maximum atomic E-state index is 7.46. The molecule has 1 aromatic carbocycles. The minimum Gasteiger partial charge on any atom is -0.452 e. The highest BCUT2D eigenvalue weighted by Crippen LogP contribution is 2.39. The first-order valence-electron chi connectivity index (χ1n) is 6.51. The normalized spacial score (nSPS) is 21.2. The minimum atomic E-state index is -0.984. The highest BCUT2D eigenvalue weighted by atomic mass is 16.5. The Kier molecular flexibility index (Phi) is 3.76. The standard InChI is InChI=1S/C17H18N2O/c1-16(2,3)17(19-18)13-7-10-15(20-17)12-11-14-8-5-4-6-9-14/h4-10,13,18H,1-3H3. The van der Waals surface area contributed by atoms with Gasteiger partial charge in [0.15, 0.2) is 5.76 Å². The first-order valence-corrected chi connectivity index (χ1v) is 6.51. The molecule has 0 fully saturated rings. The van der Waals surface area contributed by atoms with Gasteiger partial charge in [0.25, 0.3) is 0 Å². The first kappa shape index (κ1) is 14.1. The Bertz CT molecular complexity index is 612. The number of nitrogens with zero attached hydrogens (tertiary/aromatic N) is 1. The van der Waals surface area contributed by atoms with Crippen molar-refractivity contribution < 1.29 is 4.74 Å². The van der Waals surface area contributed by atoms with Crippen LogP contribution in [0.25, 0.3) is 0 Å². The molecule has 0 radical (unpaired) electrons. The van der Waals surface area contributed by atoms with Crippen LogP contribution >= 0.6 is 0 Å². The predicted octanol–water partition coefficient (Wildman–Crippen LogP) is 4.28. The van der Waals surface area contributed by atoms with E-state index in [1.54, 1.807) is 12.2 Å². The quantitative estimate of drug-likeness (QED) is 0.598. The van der Waals surface area contributed by atoms with Crippen LogP contribution in [0, 0.1) is 22.8 Å². The van der Waals surface area contributed by atoms with Crippen LogP contribution < -0.4 is 0 Å². The van der Waals surface area contributed by atoms with E-state index in [4.69, 9.17) is 10.3 Å². The topological polar surface area (TPSA) is 45.4 Å². The molecule has 20 heavy (non-hydrogen) atoms. The summed E-state index contributed by atoms with van der Waals surface area (Å²) in [5.74, 6) is 6.57. The fraction of sp³-hybridized carbons (Fsp3) is 0.294. The summed E-state index contributed by atoms with van der Waals surface area (Å²) in [5, 5.41) is 3.69. The maximum absolute atomic E-state index is 7.46. The summed E-state index contributed by atoms with van der Waals surface area (Å²) in [7, 11) is 0. The highest BCUT2D eigenvalue weighted by Gasteiger charge is 2.43. The average molecular weight is 266 g/mol. The van der Waals surface area contributed by atoms with Crippen LogP contribution in [0.5, 0.6) is 0 Å². The van der Waals surface area contributed by atoms with Gasteiger partial charge in [-0.3, -0.25) is 0 Å². The summed E-state index contributed by atoms with van der Waals surface area (Å²) in [6, 6.07) is 9.72. The van der Waals surface area contributed by atoms with E-state index in [0.29, 0.717) is 5.76 Å². The van der Waals surface area contributed by atoms with Gasteiger partial charge < -0.3 is 4.74 Å². The van der Waals surface area contributed by atoms with E-state index in [1.165, 1.54) is 0 Å². The molecule has 1 unspecified atom stereocenters. The molecule has 3 nitrogen and oxygen atoms in total. The number of rotatable bonds is 1. The minimum absolute atomic E-state index is 0.320. The van der Waals surface area contributed by atoms with Crippen LogP contribution in [-0.4, -0.2) is 5.72 Å². The van der Waals surface area contributed by atoms with Gasteiger partial charge in [0.05, 0.1) is 0 Å². The Morgan fingerprint density at radius 2 is 1.85 bits per heavy atom. The Morgan fingerprint density at radius 1 is 1.15 bits per heavy atom. The summed E-state index contributed by atoms with van der Waals surface area (Å²) in [6.07, 6.45) is 5.45. The number of hydrogen-bond acceptors (Lipinski definition) is 3. The summed E-state index contributed by atoms with van der Waals surface area (Å²) >= 11 is 0. The van der Waals surface area contributed by atoms with Gasteiger partial charge in [-0.1, -0.05) is 51.0 Å². The Hall–Kier alpha value is -2.34. The zero-order valence-electron chi connectivity index (χ0n) is 12.0. The van der Waals surface area contributed by atoms with E-state index < -0.39 is 5.72 Å². The zero-order chi connectivity index (χ0) is 14.6. The molecular weight excluding hydrogens is 248 g/mol. The van der Waals surface area contributed by atoms with Crippen LogP contribution in [0.2, 0.25) is 0 Å². The van der Waals surface area contributed by atoms with Gasteiger partial charge in [-0.05, 0) is 30.2 Å². The van der Waals surface area contributed by atoms with E-state index >= 15 is 0 Å². The van der Waals surface area contributed by atoms with Crippen molar-refractivity contribution in [3.63, 3.8) is 0 Å². The molecular formula is C17H18N2O. The monoisotopic (exact) mass is 266 g/mol. The van der Waals surface area contributed by atoms with Gasteiger partial charge in [-0.2, -0.15) is 0 Å².